The number of aromatic nitrogens is 1. The van der Waals surface area contributed by atoms with Crippen molar-refractivity contribution in [3.8, 4) is 5.75 Å². The maximum atomic E-state index is 13.8. The van der Waals surface area contributed by atoms with E-state index < -0.39 is 4.92 Å². The van der Waals surface area contributed by atoms with Crippen molar-refractivity contribution >= 4 is 57.3 Å². The lowest BCUT2D eigenvalue weighted by Crippen LogP contribution is -2.48. The van der Waals surface area contributed by atoms with Crippen molar-refractivity contribution in [2.75, 3.05) is 64.2 Å². The van der Waals surface area contributed by atoms with Gasteiger partial charge in [0, 0.05) is 24.5 Å². The summed E-state index contributed by atoms with van der Waals surface area (Å²) in [5.41, 5.74) is 1.82. The van der Waals surface area contributed by atoms with Gasteiger partial charge in [0.05, 0.1) is 27.2 Å². The molecule has 0 bridgehead atoms. The van der Waals surface area contributed by atoms with E-state index in [1.165, 1.54) is 12.1 Å². The summed E-state index contributed by atoms with van der Waals surface area (Å²) in [6, 6.07) is 7.60. The van der Waals surface area contributed by atoms with Crippen LogP contribution in [0, 0.1) is 10.1 Å². The van der Waals surface area contributed by atoms with E-state index >= 15 is 0 Å². The Morgan fingerprint density at radius 3 is 2.23 bits per heavy atom. The lowest BCUT2D eigenvalue weighted by molar-refractivity contribution is -0.383. The molecule has 0 atom stereocenters. The molecule has 11 heteroatoms. The van der Waals surface area contributed by atoms with E-state index in [0.717, 1.165) is 25.9 Å². The number of rotatable bonds is 9. The standard InChI is InChI=1S/C24H30N6O4.ClH/c1-26(2)11-5-13-28-19-9-10-20(30(33)34)22-21(19)23(17-15-16(31)7-8-18(17)25-22)29(24(28)32)14-6-12-27(3)4;/h7-10,15,31H,5-6,11-14H2,1-4H3;1H. The molecule has 0 aliphatic carbocycles. The molecule has 35 heavy (non-hydrogen) atoms. The van der Waals surface area contributed by atoms with Gasteiger partial charge < -0.3 is 14.9 Å². The summed E-state index contributed by atoms with van der Waals surface area (Å²) < 4.78 is 0. The Hall–Kier alpha value is -3.21. The second-order valence-corrected chi connectivity index (χ2v) is 9.15. The summed E-state index contributed by atoms with van der Waals surface area (Å²) in [7, 11) is 7.91. The summed E-state index contributed by atoms with van der Waals surface area (Å²) >= 11 is 0. The Morgan fingerprint density at radius 1 is 1.00 bits per heavy atom. The van der Waals surface area contributed by atoms with Crippen LogP contribution < -0.4 is 9.80 Å². The normalized spacial score (nSPS) is 13.3. The van der Waals surface area contributed by atoms with Gasteiger partial charge in [-0.2, -0.15) is 0 Å². The van der Waals surface area contributed by atoms with Gasteiger partial charge in [-0.15, -0.1) is 12.4 Å². The van der Waals surface area contributed by atoms with Crippen molar-refractivity contribution in [1.82, 2.24) is 14.8 Å². The number of carbonyl (C=O) groups is 1. The van der Waals surface area contributed by atoms with Crippen LogP contribution in [0.4, 0.5) is 21.9 Å². The molecule has 2 aromatic carbocycles. The zero-order valence-electron chi connectivity index (χ0n) is 20.4. The maximum Gasteiger partial charge on any atom is 0.329 e. The minimum atomic E-state index is -0.439. The third-order valence-electron chi connectivity index (χ3n) is 6.03. The molecule has 0 saturated carbocycles. The Bertz CT molecular complexity index is 1270. The van der Waals surface area contributed by atoms with E-state index in [9.17, 15) is 20.0 Å². The average molecular weight is 503 g/mol. The number of hydrogen-bond donors (Lipinski definition) is 1. The minimum Gasteiger partial charge on any atom is -0.508 e. The summed E-state index contributed by atoms with van der Waals surface area (Å²) in [6.45, 7) is 2.50. The van der Waals surface area contributed by atoms with Crippen molar-refractivity contribution in [2.24, 2.45) is 0 Å². The third-order valence-corrected chi connectivity index (χ3v) is 6.03. The van der Waals surface area contributed by atoms with E-state index in [1.54, 1.807) is 28.0 Å². The van der Waals surface area contributed by atoms with Gasteiger partial charge in [0.2, 0.25) is 0 Å². The number of pyridine rings is 1. The number of hydrogen-bond acceptors (Lipinski definition) is 7. The van der Waals surface area contributed by atoms with Gasteiger partial charge in [0.15, 0.2) is 5.52 Å². The second kappa shape index (κ2) is 10.6. The molecule has 188 valence electrons. The van der Waals surface area contributed by atoms with Gasteiger partial charge >= 0.3 is 6.03 Å². The topological polar surface area (TPSA) is 106 Å². The summed E-state index contributed by atoms with van der Waals surface area (Å²) in [5, 5.41) is 23.3. The number of carbonyl (C=O) groups excluding carboxylic acids is 1. The monoisotopic (exact) mass is 502 g/mol. The maximum absolute atomic E-state index is 13.8. The van der Waals surface area contributed by atoms with Gasteiger partial charge in [-0.05, 0) is 78.4 Å². The molecule has 1 aliphatic heterocycles. The molecule has 0 saturated heterocycles. The third kappa shape index (κ3) is 5.09. The van der Waals surface area contributed by atoms with Crippen LogP contribution in [0.25, 0.3) is 21.8 Å². The van der Waals surface area contributed by atoms with E-state index in [1.807, 2.05) is 33.1 Å². The minimum absolute atomic E-state index is 0. The predicted molar refractivity (Wildman–Crippen MR) is 141 cm³/mol. The molecule has 0 unspecified atom stereocenters. The molecule has 2 heterocycles. The van der Waals surface area contributed by atoms with Crippen molar-refractivity contribution in [3.05, 3.63) is 40.4 Å². The van der Waals surface area contributed by atoms with E-state index in [0.29, 0.717) is 40.8 Å². The Labute approximate surface area is 210 Å². The van der Waals surface area contributed by atoms with Crippen molar-refractivity contribution in [1.29, 1.82) is 0 Å². The number of amides is 2. The number of non-ortho nitro benzene ring substituents is 1. The van der Waals surface area contributed by atoms with Crippen molar-refractivity contribution in [2.45, 2.75) is 12.8 Å². The van der Waals surface area contributed by atoms with E-state index in [4.69, 9.17) is 0 Å². The first-order valence-corrected chi connectivity index (χ1v) is 11.3. The highest BCUT2D eigenvalue weighted by Gasteiger charge is 2.36. The van der Waals surface area contributed by atoms with Gasteiger partial charge in [0.25, 0.3) is 5.69 Å². The number of nitrogens with zero attached hydrogens (tertiary/aromatic N) is 6. The highest BCUT2D eigenvalue weighted by molar-refractivity contribution is 6.26. The molecule has 0 radical (unpaired) electrons. The molecule has 0 fully saturated rings. The molecule has 4 rings (SSSR count). The summed E-state index contributed by atoms with van der Waals surface area (Å²) in [5.74, 6) is 0.0472. The van der Waals surface area contributed by atoms with Crippen LogP contribution in [0.3, 0.4) is 0 Å². The highest BCUT2D eigenvalue weighted by atomic mass is 35.5. The first-order valence-electron chi connectivity index (χ1n) is 11.3. The second-order valence-electron chi connectivity index (χ2n) is 9.15. The van der Waals surface area contributed by atoms with Gasteiger partial charge in [-0.25, -0.2) is 9.78 Å². The van der Waals surface area contributed by atoms with E-state index in [2.05, 4.69) is 9.88 Å². The number of benzene rings is 2. The molecule has 0 spiro atoms. The van der Waals surface area contributed by atoms with Crippen LogP contribution in [0.1, 0.15) is 12.8 Å². The number of halogens is 1. The largest absolute Gasteiger partial charge is 0.508 e. The lowest BCUT2D eigenvalue weighted by Gasteiger charge is -2.38. The van der Waals surface area contributed by atoms with Gasteiger partial charge in [0.1, 0.15) is 5.75 Å². The number of phenolic OH excluding ortho intramolecular Hbond substituents is 1. The molecular formula is C24H31ClN6O4. The summed E-state index contributed by atoms with van der Waals surface area (Å²) in [4.78, 5) is 37.4. The molecule has 1 N–H and O–H groups in total. The lowest BCUT2D eigenvalue weighted by atomic mass is 10.0. The molecule has 1 aliphatic rings. The average Bonchev–Trinajstić information content (AvgIpc) is 2.76. The number of nitro groups is 1. The number of phenols is 1. The van der Waals surface area contributed by atoms with Crippen molar-refractivity contribution in [3.63, 3.8) is 0 Å². The number of nitro benzene ring substituents is 1. The molecule has 2 amide bonds. The zero-order valence-corrected chi connectivity index (χ0v) is 21.2. The quantitative estimate of drug-likeness (QED) is 0.267. The van der Waals surface area contributed by atoms with Crippen LogP contribution >= 0.6 is 12.4 Å². The molecule has 3 aromatic rings. The van der Waals surface area contributed by atoms with Crippen molar-refractivity contribution < 1.29 is 14.8 Å². The van der Waals surface area contributed by atoms with E-state index in [-0.39, 0.29) is 35.4 Å². The SMILES string of the molecule is CN(C)CCCN1C(=O)N(CCCN(C)C)c2c3cc(O)ccc3nc3c([N+](=O)[O-])ccc1c23.Cl. The van der Waals surface area contributed by atoms with Crippen LogP contribution in [0.5, 0.6) is 5.75 Å². The smallest absolute Gasteiger partial charge is 0.329 e. The predicted octanol–water partition coefficient (Wildman–Crippen LogP) is 4.07. The van der Waals surface area contributed by atoms with Gasteiger partial charge in [-0.1, -0.05) is 0 Å². The van der Waals surface area contributed by atoms with Crippen LogP contribution in [0.15, 0.2) is 30.3 Å². The first-order chi connectivity index (χ1) is 16.2. The Balaban J connectivity index is 0.00000342. The Morgan fingerprint density at radius 2 is 1.63 bits per heavy atom. The molecule has 10 nitrogen and oxygen atoms in total. The van der Waals surface area contributed by atoms with Crippen LogP contribution in [0.2, 0.25) is 0 Å². The fourth-order valence-corrected chi connectivity index (χ4v) is 4.49. The fourth-order valence-electron chi connectivity index (χ4n) is 4.49. The van der Waals surface area contributed by atoms with Gasteiger partial charge in [-0.3, -0.25) is 19.9 Å². The number of urea groups is 1. The number of aromatic hydroxyl groups is 1. The zero-order chi connectivity index (χ0) is 24.6. The fraction of sp³-hybridized carbons (Fsp3) is 0.417. The molecule has 1 aromatic heterocycles. The number of fused-ring (bicyclic) bond motifs is 2. The number of anilines is 2. The van der Waals surface area contributed by atoms with Crippen LogP contribution in [-0.2, 0) is 0 Å². The molecular weight excluding hydrogens is 472 g/mol. The first kappa shape index (κ1) is 26.4. The van der Waals surface area contributed by atoms with Crippen LogP contribution in [-0.4, -0.2) is 85.2 Å². The highest BCUT2D eigenvalue weighted by Crippen LogP contribution is 2.46. The Kier molecular flexibility index (Phi) is 7.99. The summed E-state index contributed by atoms with van der Waals surface area (Å²) in [6.07, 6.45) is 1.47.